The molecule has 8 heteroatoms. The molecule has 1 unspecified atom stereocenters. The first-order chi connectivity index (χ1) is 16.6. The second-order valence-electron chi connectivity index (χ2n) is 8.40. The molecule has 0 aliphatic heterocycles. The van der Waals surface area contributed by atoms with Crippen molar-refractivity contribution in [3.05, 3.63) is 75.0 Å². The molecule has 1 aromatic heterocycles. The number of Topliss-reactive ketones (excluding diaryl/α,β-unsaturated/α-hetero) is 1. The van der Waals surface area contributed by atoms with E-state index < -0.39 is 28.8 Å². The number of benzene rings is 1. The Morgan fingerprint density at radius 1 is 1.26 bits per heavy atom. The van der Waals surface area contributed by atoms with Crippen molar-refractivity contribution in [3.8, 4) is 11.5 Å². The predicted molar refractivity (Wildman–Crippen MR) is 134 cm³/mol. The van der Waals surface area contributed by atoms with E-state index in [0.717, 1.165) is 29.7 Å². The zero-order valence-corrected chi connectivity index (χ0v) is 20.6. The van der Waals surface area contributed by atoms with Gasteiger partial charge in [-0.05, 0) is 68.0 Å². The van der Waals surface area contributed by atoms with Gasteiger partial charge in [0.15, 0.2) is 5.78 Å². The van der Waals surface area contributed by atoms with E-state index in [1.807, 2.05) is 25.1 Å². The molecule has 1 aromatic carbocycles. The van der Waals surface area contributed by atoms with Crippen LogP contribution in [0.2, 0.25) is 0 Å². The van der Waals surface area contributed by atoms with Crippen LogP contribution in [-0.4, -0.2) is 28.7 Å². The van der Waals surface area contributed by atoms with Gasteiger partial charge in [-0.25, -0.2) is 9.59 Å². The van der Waals surface area contributed by atoms with E-state index in [1.54, 1.807) is 26.0 Å². The second-order valence-corrected chi connectivity index (χ2v) is 8.40. The fraction of sp³-hybridized carbons (Fsp3) is 0.370. The quantitative estimate of drug-likeness (QED) is 0.198. The fourth-order valence-corrected chi connectivity index (χ4v) is 3.38. The Morgan fingerprint density at radius 3 is 2.63 bits per heavy atom. The van der Waals surface area contributed by atoms with Gasteiger partial charge in [0.25, 0.3) is 0 Å². The topological polar surface area (TPSA) is 126 Å². The van der Waals surface area contributed by atoms with Gasteiger partial charge >= 0.3 is 11.7 Å². The molecule has 0 bridgehead atoms. The van der Waals surface area contributed by atoms with Gasteiger partial charge in [0.05, 0.1) is 6.61 Å². The van der Waals surface area contributed by atoms with Crippen molar-refractivity contribution in [2.24, 2.45) is 0 Å². The van der Waals surface area contributed by atoms with Crippen molar-refractivity contribution in [2.45, 2.75) is 59.3 Å². The molecule has 35 heavy (non-hydrogen) atoms. The maximum Gasteiger partial charge on any atom is 0.408 e. The van der Waals surface area contributed by atoms with Crippen LogP contribution >= 0.6 is 0 Å². The van der Waals surface area contributed by atoms with Gasteiger partial charge in [0, 0.05) is 18.2 Å². The number of aromatic hydroxyl groups is 1. The van der Waals surface area contributed by atoms with Gasteiger partial charge in [0.2, 0.25) is 0 Å². The molecule has 2 aromatic rings. The van der Waals surface area contributed by atoms with Gasteiger partial charge in [0.1, 0.15) is 22.8 Å². The Morgan fingerprint density at radius 2 is 2.00 bits per heavy atom. The minimum absolute atomic E-state index is 0.232. The van der Waals surface area contributed by atoms with Crippen LogP contribution in [0.1, 0.15) is 79.6 Å². The summed E-state index contributed by atoms with van der Waals surface area (Å²) in [6.07, 6.45) is 6.55. The van der Waals surface area contributed by atoms with Crippen LogP contribution in [0.5, 0.6) is 11.5 Å². The Hall–Kier alpha value is -3.81. The number of allylic oxidation sites excluding steroid dienone is 2. The molecule has 2 rings (SSSR count). The second kappa shape index (κ2) is 13.2. The molecule has 0 aliphatic carbocycles. The number of ketones is 1. The Kier molecular flexibility index (Phi) is 10.3. The van der Waals surface area contributed by atoms with E-state index in [4.69, 9.17) is 14.3 Å². The van der Waals surface area contributed by atoms with Crippen LogP contribution in [0.4, 0.5) is 4.79 Å². The lowest BCUT2D eigenvalue weighted by Crippen LogP contribution is -2.16. The van der Waals surface area contributed by atoms with Gasteiger partial charge in [-0.15, -0.1) is 0 Å². The van der Waals surface area contributed by atoms with E-state index in [1.165, 1.54) is 12.3 Å². The Balaban J connectivity index is 2.15. The zero-order chi connectivity index (χ0) is 26.0. The van der Waals surface area contributed by atoms with Crippen molar-refractivity contribution in [1.82, 2.24) is 5.32 Å². The molecule has 0 radical (unpaired) electrons. The first kappa shape index (κ1) is 27.4. The van der Waals surface area contributed by atoms with Gasteiger partial charge in [-0.2, -0.15) is 0 Å². The Bertz CT molecular complexity index is 1160. The number of unbranched alkanes of at least 4 members (excludes halogenated alkanes) is 1. The third-order valence-corrected chi connectivity index (χ3v) is 5.49. The molecule has 8 nitrogen and oxygen atoms in total. The molecule has 1 heterocycles. The summed E-state index contributed by atoms with van der Waals surface area (Å²) in [4.78, 5) is 35.9. The lowest BCUT2D eigenvalue weighted by atomic mass is 9.98. The molecule has 0 fully saturated rings. The molecule has 0 aliphatic rings. The first-order valence-corrected chi connectivity index (χ1v) is 11.6. The number of carbonyl (C=O) groups excluding carboxylic acids is 1. The molecule has 0 saturated carbocycles. The van der Waals surface area contributed by atoms with Crippen molar-refractivity contribution in [3.63, 3.8) is 0 Å². The van der Waals surface area contributed by atoms with Gasteiger partial charge in [-0.1, -0.05) is 32.4 Å². The number of hydrogen-bond donors (Lipinski definition) is 3. The van der Waals surface area contributed by atoms with Crippen LogP contribution < -0.4 is 15.7 Å². The lowest BCUT2D eigenvalue weighted by molar-refractivity contribution is 0.102. The minimum Gasteiger partial charge on any atom is -0.507 e. The van der Waals surface area contributed by atoms with E-state index in [9.17, 15) is 19.5 Å². The molecule has 1 amide bonds. The molecular weight excluding hydrogens is 450 g/mol. The highest BCUT2D eigenvalue weighted by Crippen LogP contribution is 2.27. The number of hydrogen-bond acceptors (Lipinski definition) is 6. The molecular formula is C27H33NO7. The number of amides is 1. The summed E-state index contributed by atoms with van der Waals surface area (Å²) in [7, 11) is 0. The summed E-state index contributed by atoms with van der Waals surface area (Å²) in [6, 6.07) is 6.87. The van der Waals surface area contributed by atoms with E-state index in [0.29, 0.717) is 19.4 Å². The summed E-state index contributed by atoms with van der Waals surface area (Å²) in [5, 5.41) is 21.1. The number of aryl methyl sites for hydroxylation is 1. The summed E-state index contributed by atoms with van der Waals surface area (Å²) >= 11 is 0. The first-order valence-electron chi connectivity index (χ1n) is 11.6. The van der Waals surface area contributed by atoms with Crippen molar-refractivity contribution in [2.75, 3.05) is 6.61 Å². The third kappa shape index (κ3) is 8.17. The minimum atomic E-state index is -1.15. The maximum absolute atomic E-state index is 12.9. The molecule has 1 atom stereocenters. The van der Waals surface area contributed by atoms with Crippen LogP contribution in [-0.2, 0) is 0 Å². The zero-order valence-electron chi connectivity index (χ0n) is 20.6. The van der Waals surface area contributed by atoms with Crippen LogP contribution in [0.3, 0.4) is 0 Å². The Labute approximate surface area is 204 Å². The molecule has 0 saturated heterocycles. The number of carboxylic acid groups (broad SMARTS) is 1. The normalized spacial score (nSPS) is 12.5. The third-order valence-electron chi connectivity index (χ3n) is 5.49. The monoisotopic (exact) mass is 483 g/mol. The fourth-order valence-electron chi connectivity index (χ4n) is 3.38. The highest BCUT2D eigenvalue weighted by Gasteiger charge is 2.22. The van der Waals surface area contributed by atoms with Crippen molar-refractivity contribution >= 4 is 18.0 Å². The molecule has 188 valence electrons. The summed E-state index contributed by atoms with van der Waals surface area (Å²) < 4.78 is 11.0. The SMILES string of the molecule is CCCCOc1ccc(C=C(C)C(=O)c2c(O)cc(C(C)CC/C=C/NC(=O)O)oc2=O)c(C)c1. The maximum atomic E-state index is 12.9. The number of ether oxygens (including phenoxy) is 1. The van der Waals surface area contributed by atoms with Gasteiger partial charge < -0.3 is 19.4 Å². The average Bonchev–Trinajstić information content (AvgIpc) is 2.79. The smallest absolute Gasteiger partial charge is 0.408 e. The van der Waals surface area contributed by atoms with Crippen molar-refractivity contribution < 1.29 is 29.0 Å². The van der Waals surface area contributed by atoms with Gasteiger partial charge in [-0.3, -0.25) is 10.1 Å². The van der Waals surface area contributed by atoms with E-state index in [2.05, 4.69) is 12.2 Å². The van der Waals surface area contributed by atoms with Crippen LogP contribution in [0, 0.1) is 6.92 Å². The number of rotatable bonds is 12. The van der Waals surface area contributed by atoms with E-state index >= 15 is 0 Å². The summed E-state index contributed by atoms with van der Waals surface area (Å²) in [5.41, 5.74) is 0.700. The largest absolute Gasteiger partial charge is 0.507 e. The van der Waals surface area contributed by atoms with Crippen LogP contribution in [0.15, 0.2) is 51.3 Å². The summed E-state index contributed by atoms with van der Waals surface area (Å²) in [6.45, 7) is 8.04. The predicted octanol–water partition coefficient (Wildman–Crippen LogP) is 5.78. The standard InChI is InChI=1S/C27H33NO7/c1-5-6-13-34-21-11-10-20(18(3)15-21)14-19(4)25(30)24-22(29)16-23(35-26(24)31)17(2)9-7-8-12-28-27(32)33/h8,10-12,14-17,28-29H,5-7,9,13H2,1-4H3,(H,32,33)/b12-8+,19-14?. The number of nitrogens with one attached hydrogen (secondary N) is 1. The molecule has 0 spiro atoms. The average molecular weight is 484 g/mol. The van der Waals surface area contributed by atoms with Crippen molar-refractivity contribution in [1.29, 1.82) is 0 Å². The molecule has 3 N–H and O–H groups in total. The lowest BCUT2D eigenvalue weighted by Gasteiger charge is -2.11. The van der Waals surface area contributed by atoms with E-state index in [-0.39, 0.29) is 17.3 Å². The highest BCUT2D eigenvalue weighted by atomic mass is 16.5. The summed E-state index contributed by atoms with van der Waals surface area (Å²) in [5.74, 6) is -0.265. The number of carbonyl (C=O) groups is 2. The van der Waals surface area contributed by atoms with Crippen LogP contribution in [0.25, 0.3) is 6.08 Å². The highest BCUT2D eigenvalue weighted by molar-refractivity contribution is 6.12.